The number of aromatic amines is 1. The molecule has 3 unspecified atom stereocenters. The number of phenolic OH excluding ortho intramolecular Hbond substituents is 1. The Morgan fingerprint density at radius 1 is 0.959 bits per heavy atom. The van der Waals surface area contributed by atoms with Crippen molar-refractivity contribution in [1.82, 2.24) is 20.2 Å². The molecule has 9 N–H and O–H groups in total. The number of rotatable bonds is 24. The molecular weight excluding hydrogens is 1080 g/mol. The number of nitrogens with zero attached hydrogens (tertiary/aromatic N) is 4. The van der Waals surface area contributed by atoms with E-state index in [9.17, 15) is 62.5 Å². The summed E-state index contributed by atoms with van der Waals surface area (Å²) in [4.78, 5) is 117. The summed E-state index contributed by atoms with van der Waals surface area (Å²) in [6, 6.07) is 12.6. The summed E-state index contributed by atoms with van der Waals surface area (Å²) in [7, 11) is -14.4. The SMILES string of the molecule is [N-]=[N+]=NCOC1C[C@H](n2cc(/C=C/CNC(=O)OCCSSCCNC(=O)c3ccc(-c4c5ccc(=O)cc-5oc5cc(O)ccc45)c(C(=O)O)c3)c(=O)[nH]c2=O)O[C@@H]1COP(=O)(O)OP(=O)(O)OP(=O)(O)O. The average molecular weight is 1120 g/mol. The Labute approximate surface area is 416 Å². The van der Waals surface area contributed by atoms with Gasteiger partial charge in [-0.3, -0.25) is 28.5 Å². The number of carbonyl (C=O) groups excluding carboxylic acids is 2. The van der Waals surface area contributed by atoms with Crippen LogP contribution < -0.4 is 27.3 Å². The van der Waals surface area contributed by atoms with Crippen LogP contribution in [-0.2, 0) is 41.1 Å². The van der Waals surface area contributed by atoms with Crippen LogP contribution in [0.3, 0.4) is 0 Å². The molecule has 3 aliphatic rings. The smallest absolute Gasteiger partial charge is 0.490 e. The highest BCUT2D eigenvalue weighted by molar-refractivity contribution is 8.76. The van der Waals surface area contributed by atoms with E-state index in [4.69, 9.17) is 33.9 Å². The predicted octanol–water partition coefficient (Wildman–Crippen LogP) is 4.65. The molecule has 1 fully saturated rings. The average Bonchev–Trinajstić information content (AvgIpc) is 3.71. The number of phosphoric acid groups is 3. The first-order valence-corrected chi connectivity index (χ1v) is 27.6. The number of azide groups is 1. The molecule has 3 heterocycles. The summed E-state index contributed by atoms with van der Waals surface area (Å²) in [5.41, 5.74) is 7.59. The minimum Gasteiger partial charge on any atom is -0.508 e. The molecule has 6 rings (SSSR count). The van der Waals surface area contributed by atoms with Gasteiger partial charge in [-0.2, -0.15) is 8.62 Å². The Balaban J connectivity index is 0.936. The van der Waals surface area contributed by atoms with E-state index in [2.05, 4.69) is 38.8 Å². The van der Waals surface area contributed by atoms with Crippen molar-refractivity contribution in [2.24, 2.45) is 5.11 Å². The van der Waals surface area contributed by atoms with Crippen LogP contribution in [0.5, 0.6) is 5.75 Å². The van der Waals surface area contributed by atoms with E-state index in [-0.39, 0.29) is 70.9 Å². The van der Waals surface area contributed by atoms with Crippen LogP contribution in [-0.4, -0.2) is 114 Å². The standard InChI is InChI=1S/C39H40N7O22P3S2/c40-45-43-20-63-31-17-33(66-32(31)19-64-70(58,59)68-71(60,61)67-69(55,56)57)46-18-22(36(50)44-38(46)53)2-1-9-42-39(54)62-11-13-73-72-12-10-41-35(49)21-3-6-25(28(14-21)37(51)52)34-26-7-4-23(47)15-29(26)65-30-16-24(48)5-8-27(30)34/h1-8,14-16,18,31-33,47H,9-13,17,19-20H2,(H,41,49)(H,42,54)(H,51,52)(H,58,59)(H,60,61)(H,44,50,53)(H2,55,56,57)/b2-1+/t31?,32-,33-/m1/s1. The lowest BCUT2D eigenvalue weighted by atomic mass is 9.90. The minimum absolute atomic E-state index is 0.00898. The van der Waals surface area contributed by atoms with Crippen molar-refractivity contribution in [3.05, 3.63) is 125 Å². The van der Waals surface area contributed by atoms with Gasteiger partial charge in [0, 0.05) is 76.3 Å². The topological polar surface area (TPSA) is 437 Å². The second-order valence-electron chi connectivity index (χ2n) is 14.8. The van der Waals surface area contributed by atoms with Gasteiger partial charge in [0.15, 0.2) is 5.43 Å². The van der Waals surface area contributed by atoms with Crippen molar-refractivity contribution in [2.45, 2.75) is 24.9 Å². The van der Waals surface area contributed by atoms with E-state index >= 15 is 0 Å². The summed E-state index contributed by atoms with van der Waals surface area (Å²) >= 11 is 0. The molecule has 0 saturated carbocycles. The zero-order chi connectivity index (χ0) is 53.1. The van der Waals surface area contributed by atoms with E-state index in [1.807, 2.05) is 0 Å². The number of H-pyrrole nitrogens is 1. The van der Waals surface area contributed by atoms with E-state index < -0.39 is 84.5 Å². The number of alkyl carbamates (subject to hydrolysis) is 1. The van der Waals surface area contributed by atoms with Crippen LogP contribution in [0, 0.1) is 0 Å². The van der Waals surface area contributed by atoms with Gasteiger partial charge in [-0.15, -0.1) is 0 Å². The molecule has 2 aliphatic heterocycles. The van der Waals surface area contributed by atoms with Crippen molar-refractivity contribution in [3.8, 4) is 28.2 Å². The first-order valence-electron chi connectivity index (χ1n) is 20.6. The van der Waals surface area contributed by atoms with Crippen molar-refractivity contribution >= 4 is 80.1 Å². The number of carboxylic acid groups (broad SMARTS) is 1. The van der Waals surface area contributed by atoms with Crippen molar-refractivity contribution in [3.63, 3.8) is 0 Å². The van der Waals surface area contributed by atoms with Gasteiger partial charge in [0.25, 0.3) is 11.5 Å². The lowest BCUT2D eigenvalue weighted by Gasteiger charge is -2.21. The molecule has 29 nitrogen and oxygen atoms in total. The number of nitrogens with one attached hydrogen (secondary N) is 3. The summed E-state index contributed by atoms with van der Waals surface area (Å²) in [5, 5.41) is 29.1. The zero-order valence-corrected chi connectivity index (χ0v) is 41.3. The first-order chi connectivity index (χ1) is 34.5. The molecule has 3 aromatic rings. The molecule has 0 spiro atoms. The van der Waals surface area contributed by atoms with Crippen LogP contribution in [0.25, 0.3) is 49.9 Å². The number of phosphoric ester groups is 1. The Kier molecular flexibility index (Phi) is 19.1. The van der Waals surface area contributed by atoms with Gasteiger partial charge in [-0.25, -0.2) is 28.1 Å². The number of phenols is 1. The molecule has 0 bridgehead atoms. The third-order valence-corrected chi connectivity index (χ3v) is 16.0. The van der Waals surface area contributed by atoms with Crippen LogP contribution >= 0.6 is 45.1 Å². The fourth-order valence-electron chi connectivity index (χ4n) is 6.86. The number of hydrogen-bond acceptors (Lipinski definition) is 20. The number of hydrogen-bond donors (Lipinski definition) is 9. The number of aromatic nitrogens is 2. The molecule has 73 heavy (non-hydrogen) atoms. The monoisotopic (exact) mass is 1120 g/mol. The van der Waals surface area contributed by atoms with E-state index in [0.717, 1.165) is 10.8 Å². The summed E-state index contributed by atoms with van der Waals surface area (Å²) in [5.74, 6) is -0.982. The van der Waals surface area contributed by atoms with Gasteiger partial charge in [-0.1, -0.05) is 44.9 Å². The van der Waals surface area contributed by atoms with Gasteiger partial charge < -0.3 is 59.0 Å². The van der Waals surface area contributed by atoms with Crippen molar-refractivity contribution in [1.29, 1.82) is 0 Å². The van der Waals surface area contributed by atoms with Gasteiger partial charge in [-0.05, 0) is 47.5 Å². The molecule has 2 aromatic carbocycles. The Bertz CT molecular complexity index is 3270. The molecule has 1 saturated heterocycles. The maximum Gasteiger partial charge on any atom is 0.490 e. The van der Waals surface area contributed by atoms with E-state index in [0.29, 0.717) is 28.0 Å². The van der Waals surface area contributed by atoms with Gasteiger partial charge >= 0.3 is 41.2 Å². The second-order valence-corrected chi connectivity index (χ2v) is 21.9. The number of benzene rings is 3. The number of carboxylic acids is 1. The van der Waals surface area contributed by atoms with E-state index in [1.54, 1.807) is 6.07 Å². The van der Waals surface area contributed by atoms with Crippen LogP contribution in [0.2, 0.25) is 0 Å². The van der Waals surface area contributed by atoms with Gasteiger partial charge in [0.1, 0.15) is 42.8 Å². The summed E-state index contributed by atoms with van der Waals surface area (Å²) in [6.07, 6.45) is -1.19. The zero-order valence-electron chi connectivity index (χ0n) is 37.0. The minimum atomic E-state index is -5.84. The quantitative estimate of drug-likeness (QED) is 0.00772. The number of fused-ring (bicyclic) bond motifs is 2. The number of amides is 2. The molecule has 0 radical (unpaired) electrons. The molecule has 1 aliphatic carbocycles. The first kappa shape index (κ1) is 56.2. The number of aromatic carboxylic acids is 1. The highest BCUT2D eigenvalue weighted by Crippen LogP contribution is 2.66. The van der Waals surface area contributed by atoms with Crippen molar-refractivity contribution in [2.75, 3.05) is 44.5 Å². The van der Waals surface area contributed by atoms with Gasteiger partial charge in [0.05, 0.1) is 23.8 Å². The number of carbonyl (C=O) groups is 3. The second kappa shape index (κ2) is 24.8. The van der Waals surface area contributed by atoms with Crippen LogP contribution in [0.15, 0.2) is 90.8 Å². The molecule has 1 aromatic heterocycles. The van der Waals surface area contributed by atoms with E-state index in [1.165, 1.54) is 82.3 Å². The fraction of sp³-hybridized carbons (Fsp3) is 0.282. The summed E-state index contributed by atoms with van der Waals surface area (Å²) in [6.45, 7) is -1.52. The largest absolute Gasteiger partial charge is 0.508 e. The normalized spacial score (nSPS) is 17.5. The third-order valence-electron chi connectivity index (χ3n) is 9.79. The third kappa shape index (κ3) is 15.9. The summed E-state index contributed by atoms with van der Waals surface area (Å²) < 4.78 is 69.9. The molecule has 5 atom stereocenters. The lowest BCUT2D eigenvalue weighted by molar-refractivity contribution is -0.0601. The number of aromatic hydroxyl groups is 1. The molecule has 2 amide bonds. The highest BCUT2D eigenvalue weighted by Gasteiger charge is 2.43. The number of ether oxygens (including phenoxy) is 3. The maximum atomic E-state index is 13.1. The lowest BCUT2D eigenvalue weighted by Crippen LogP contribution is -2.33. The Hall–Kier alpha value is -6.10. The molecule has 34 heteroatoms. The Morgan fingerprint density at radius 2 is 1.71 bits per heavy atom. The van der Waals surface area contributed by atoms with Crippen LogP contribution in [0.4, 0.5) is 4.79 Å². The molecule has 390 valence electrons. The molecular formula is C39H40N7O22P3S2. The maximum absolute atomic E-state index is 13.1. The fourth-order valence-corrected chi connectivity index (χ4v) is 11.6. The Morgan fingerprint density at radius 3 is 2.45 bits per heavy atom. The predicted molar refractivity (Wildman–Crippen MR) is 257 cm³/mol. The highest BCUT2D eigenvalue weighted by atomic mass is 33.1. The van der Waals surface area contributed by atoms with Crippen molar-refractivity contribution < 1.29 is 89.6 Å². The van der Waals surface area contributed by atoms with Crippen LogP contribution in [0.1, 0.15) is 38.9 Å². The van der Waals surface area contributed by atoms with Gasteiger partial charge in [0.2, 0.25) is 0 Å².